The van der Waals surface area contributed by atoms with Gasteiger partial charge in [-0.1, -0.05) is 12.1 Å². The minimum atomic E-state index is -2.63. The maximum atomic E-state index is 14.1. The normalized spacial score (nSPS) is 20.3. The molecule has 0 aromatic carbocycles. The molecule has 1 N–H and O–H groups in total. The highest BCUT2D eigenvalue weighted by Gasteiger charge is 2.41. The molecule has 0 aliphatic heterocycles. The molecule has 0 radical (unpaired) electrons. The molecule has 3 aromatic rings. The smallest absolute Gasteiger partial charge is 0.248 e. The number of nitrogens with one attached hydrogen (secondary N) is 1. The first-order valence-electron chi connectivity index (χ1n) is 10.2. The minimum Gasteiger partial charge on any atom is -0.376 e. The summed E-state index contributed by atoms with van der Waals surface area (Å²) in [6.07, 6.45) is 3.22. The molecule has 1 aliphatic carbocycles. The van der Waals surface area contributed by atoms with Crippen molar-refractivity contribution in [1.82, 2.24) is 15.1 Å². The van der Waals surface area contributed by atoms with Crippen LogP contribution in [0.25, 0.3) is 22.2 Å². The molecule has 1 saturated carbocycles. The number of hydrogen-bond acceptors (Lipinski definition) is 4. The molecule has 1 aliphatic rings. The van der Waals surface area contributed by atoms with E-state index in [1.165, 1.54) is 0 Å². The quantitative estimate of drug-likeness (QED) is 0.575. The fourth-order valence-electron chi connectivity index (χ4n) is 4.79. The number of methoxy groups -OCH3 is 1. The van der Waals surface area contributed by atoms with Crippen LogP contribution in [-0.4, -0.2) is 28.2 Å². The maximum Gasteiger partial charge on any atom is 0.248 e. The lowest BCUT2D eigenvalue weighted by molar-refractivity contribution is -0.0830. The second-order valence-corrected chi connectivity index (χ2v) is 8.06. The third-order valence-electron chi connectivity index (χ3n) is 6.09. The molecule has 5 nitrogen and oxygen atoms in total. The molecular weight excluding hydrogens is 376 g/mol. The summed E-state index contributed by atoms with van der Waals surface area (Å²) in [6.45, 7) is 5.82. The molecule has 7 heteroatoms. The molecule has 0 spiro atoms. The highest BCUT2D eigenvalue weighted by atomic mass is 19.3. The van der Waals surface area contributed by atoms with Gasteiger partial charge in [0.2, 0.25) is 5.92 Å². The van der Waals surface area contributed by atoms with Crippen LogP contribution in [0, 0.1) is 19.8 Å². The molecule has 0 bridgehead atoms. The Labute approximate surface area is 168 Å². The maximum absolute atomic E-state index is 14.1. The summed E-state index contributed by atoms with van der Waals surface area (Å²) < 4.78 is 39.4. The number of ether oxygens (including phenoxy) is 1. The average Bonchev–Trinajstić information content (AvgIpc) is 3.21. The number of pyridine rings is 1. The molecule has 2 atom stereocenters. The van der Waals surface area contributed by atoms with Crippen molar-refractivity contribution in [2.45, 2.75) is 64.9 Å². The van der Waals surface area contributed by atoms with E-state index >= 15 is 0 Å². The van der Waals surface area contributed by atoms with E-state index in [0.717, 1.165) is 57.7 Å². The van der Waals surface area contributed by atoms with Crippen LogP contribution in [0.4, 0.5) is 8.78 Å². The van der Waals surface area contributed by atoms with Crippen LogP contribution in [0.15, 0.2) is 16.8 Å². The van der Waals surface area contributed by atoms with Crippen LogP contribution in [0.3, 0.4) is 0 Å². The molecule has 1 fully saturated rings. The van der Waals surface area contributed by atoms with Gasteiger partial charge in [-0.05, 0) is 45.1 Å². The van der Waals surface area contributed by atoms with E-state index in [0.29, 0.717) is 6.42 Å². The summed E-state index contributed by atoms with van der Waals surface area (Å²) in [4.78, 5) is 7.98. The lowest BCUT2D eigenvalue weighted by Crippen LogP contribution is -2.30. The lowest BCUT2D eigenvalue weighted by atomic mass is 9.80. The summed E-state index contributed by atoms with van der Waals surface area (Å²) in [5.41, 5.74) is 5.31. The molecular formula is C22H27F2N3O2. The number of aromatic nitrogens is 3. The van der Waals surface area contributed by atoms with Crippen molar-refractivity contribution in [3.63, 3.8) is 0 Å². The summed E-state index contributed by atoms with van der Waals surface area (Å²) >= 11 is 0. The van der Waals surface area contributed by atoms with E-state index < -0.39 is 12.0 Å². The zero-order chi connectivity index (χ0) is 20.8. The third-order valence-corrected chi connectivity index (χ3v) is 6.09. The Bertz CT molecular complexity index is 1010. The predicted molar refractivity (Wildman–Crippen MR) is 107 cm³/mol. The van der Waals surface area contributed by atoms with Gasteiger partial charge in [0.05, 0.1) is 11.8 Å². The number of aromatic amines is 1. The zero-order valence-corrected chi connectivity index (χ0v) is 17.3. The van der Waals surface area contributed by atoms with Crippen molar-refractivity contribution in [2.24, 2.45) is 5.92 Å². The van der Waals surface area contributed by atoms with Gasteiger partial charge in [0, 0.05) is 53.9 Å². The summed E-state index contributed by atoms with van der Waals surface area (Å²) in [5, 5.41) is 4.96. The minimum absolute atomic E-state index is 0.0355. The Morgan fingerprint density at radius 3 is 2.79 bits per heavy atom. The Kier molecular flexibility index (Phi) is 5.19. The van der Waals surface area contributed by atoms with Gasteiger partial charge in [-0.15, -0.1) is 0 Å². The molecule has 156 valence electrons. The van der Waals surface area contributed by atoms with Crippen molar-refractivity contribution < 1.29 is 18.0 Å². The van der Waals surface area contributed by atoms with Gasteiger partial charge in [0.1, 0.15) is 11.4 Å². The second-order valence-electron chi connectivity index (χ2n) is 8.06. The van der Waals surface area contributed by atoms with E-state index in [-0.39, 0.29) is 18.8 Å². The van der Waals surface area contributed by atoms with Gasteiger partial charge >= 0.3 is 0 Å². The fraction of sp³-hybridized carbons (Fsp3) is 0.545. The fourth-order valence-corrected chi connectivity index (χ4v) is 4.79. The van der Waals surface area contributed by atoms with Crippen molar-refractivity contribution >= 4 is 11.0 Å². The van der Waals surface area contributed by atoms with Gasteiger partial charge in [0.25, 0.3) is 0 Å². The molecule has 3 heterocycles. The van der Waals surface area contributed by atoms with E-state index in [9.17, 15) is 8.78 Å². The largest absolute Gasteiger partial charge is 0.376 e. The summed E-state index contributed by atoms with van der Waals surface area (Å²) in [6, 6.07) is 2.05. The number of nitrogens with zero attached hydrogens (tertiary/aromatic N) is 2. The van der Waals surface area contributed by atoms with Gasteiger partial charge in [-0.2, -0.15) is 0 Å². The number of hydrogen-bond donors (Lipinski definition) is 1. The number of fused-ring (bicyclic) bond motifs is 1. The summed E-state index contributed by atoms with van der Waals surface area (Å²) in [5.74, 6) is -2.12. The van der Waals surface area contributed by atoms with Crippen molar-refractivity contribution in [3.8, 4) is 11.1 Å². The second kappa shape index (κ2) is 7.52. The zero-order valence-electron chi connectivity index (χ0n) is 17.3. The first kappa shape index (κ1) is 20.0. The number of aryl methyl sites for hydroxylation is 3. The standard InChI is InChI=1S/C22H27F2N3O2/c1-5-17-19(20(28-4)14-7-6-8-22(23,24)10-14)16-9-15(11-25-21(16)26-17)18-12(2)27-29-13(18)3/h9,11,14,20H,5-8,10H2,1-4H3,(H,25,26). The molecule has 0 amide bonds. The lowest BCUT2D eigenvalue weighted by Gasteiger charge is -2.34. The molecule has 29 heavy (non-hydrogen) atoms. The van der Waals surface area contributed by atoms with E-state index in [1.807, 2.05) is 26.8 Å². The van der Waals surface area contributed by atoms with Gasteiger partial charge in [-0.3, -0.25) is 0 Å². The number of H-pyrrole nitrogens is 1. The Hall–Kier alpha value is -2.28. The number of rotatable bonds is 5. The predicted octanol–water partition coefficient (Wildman–Crippen LogP) is 5.91. The van der Waals surface area contributed by atoms with Crippen molar-refractivity contribution in [1.29, 1.82) is 0 Å². The van der Waals surface area contributed by atoms with Crippen LogP contribution in [-0.2, 0) is 11.2 Å². The molecule has 3 aromatic heterocycles. The van der Waals surface area contributed by atoms with Gasteiger partial charge in [-0.25, -0.2) is 13.8 Å². The van der Waals surface area contributed by atoms with E-state index in [4.69, 9.17) is 9.26 Å². The Morgan fingerprint density at radius 1 is 1.38 bits per heavy atom. The number of halogens is 2. The van der Waals surface area contributed by atoms with E-state index in [1.54, 1.807) is 13.3 Å². The van der Waals surface area contributed by atoms with Crippen LogP contribution in [0.1, 0.15) is 61.4 Å². The topological polar surface area (TPSA) is 63.9 Å². The molecule has 0 saturated heterocycles. The first-order chi connectivity index (χ1) is 13.8. The van der Waals surface area contributed by atoms with E-state index in [2.05, 4.69) is 15.1 Å². The van der Waals surface area contributed by atoms with Gasteiger partial charge < -0.3 is 14.2 Å². The Balaban J connectivity index is 1.84. The highest BCUT2D eigenvalue weighted by molar-refractivity contribution is 5.87. The highest BCUT2D eigenvalue weighted by Crippen LogP contribution is 2.46. The van der Waals surface area contributed by atoms with Crippen LogP contribution in [0.5, 0.6) is 0 Å². The first-order valence-corrected chi connectivity index (χ1v) is 10.2. The Morgan fingerprint density at radius 2 is 2.17 bits per heavy atom. The van der Waals surface area contributed by atoms with Crippen LogP contribution < -0.4 is 0 Å². The van der Waals surface area contributed by atoms with Crippen molar-refractivity contribution in [2.75, 3.05) is 7.11 Å². The molecule has 2 unspecified atom stereocenters. The monoisotopic (exact) mass is 403 g/mol. The third kappa shape index (κ3) is 3.56. The molecule has 4 rings (SSSR count). The summed E-state index contributed by atoms with van der Waals surface area (Å²) in [7, 11) is 1.61. The van der Waals surface area contributed by atoms with Crippen LogP contribution >= 0.6 is 0 Å². The number of alkyl halides is 2. The average molecular weight is 403 g/mol. The SMILES string of the molecule is CCc1[nH]c2ncc(-c3c(C)noc3C)cc2c1C(OC)C1CCCC(F)(F)C1. The van der Waals surface area contributed by atoms with Crippen LogP contribution in [0.2, 0.25) is 0 Å². The van der Waals surface area contributed by atoms with Crippen molar-refractivity contribution in [3.05, 3.63) is 35.0 Å². The van der Waals surface area contributed by atoms with Gasteiger partial charge in [0.15, 0.2) is 0 Å².